The molecule has 19 heavy (non-hydrogen) atoms. The molecular formula is C15H31NO3. The van der Waals surface area contributed by atoms with Crippen molar-refractivity contribution < 1.29 is 15.1 Å². The van der Waals surface area contributed by atoms with Crippen LogP contribution in [0.3, 0.4) is 0 Å². The molecule has 0 radical (unpaired) electrons. The number of oxime groups is 1. The SMILES string of the molecule is CON=C([C@H](C)[C@@H](O)[C@](C)(O)C(C)(C)C)C(C)(C)C. The van der Waals surface area contributed by atoms with Gasteiger partial charge in [-0.25, -0.2) is 0 Å². The predicted octanol–water partition coefficient (Wildman–Crippen LogP) is 2.83. The highest BCUT2D eigenvalue weighted by atomic mass is 16.6. The molecule has 0 aliphatic carbocycles. The third-order valence-electron chi connectivity index (χ3n) is 3.96. The van der Waals surface area contributed by atoms with Gasteiger partial charge >= 0.3 is 0 Å². The van der Waals surface area contributed by atoms with E-state index in [2.05, 4.69) is 5.16 Å². The van der Waals surface area contributed by atoms with E-state index < -0.39 is 17.1 Å². The number of hydrogen-bond acceptors (Lipinski definition) is 4. The van der Waals surface area contributed by atoms with E-state index in [1.807, 2.05) is 48.5 Å². The number of rotatable bonds is 4. The number of nitrogens with zero attached hydrogens (tertiary/aromatic N) is 1. The molecule has 0 rings (SSSR count). The number of hydrogen-bond donors (Lipinski definition) is 2. The lowest BCUT2D eigenvalue weighted by Gasteiger charge is -2.44. The Kier molecular flexibility index (Phi) is 5.61. The first-order chi connectivity index (χ1) is 8.26. The van der Waals surface area contributed by atoms with E-state index in [1.165, 1.54) is 7.11 Å². The summed E-state index contributed by atoms with van der Waals surface area (Å²) < 4.78 is 0. The van der Waals surface area contributed by atoms with Gasteiger partial charge < -0.3 is 15.1 Å². The van der Waals surface area contributed by atoms with Crippen molar-refractivity contribution in [1.29, 1.82) is 0 Å². The molecule has 2 N–H and O–H groups in total. The van der Waals surface area contributed by atoms with Crippen molar-refractivity contribution in [1.82, 2.24) is 0 Å². The zero-order valence-corrected chi connectivity index (χ0v) is 13.9. The topological polar surface area (TPSA) is 62.0 Å². The lowest BCUT2D eigenvalue weighted by molar-refractivity contribution is -0.138. The van der Waals surface area contributed by atoms with Crippen LogP contribution in [-0.2, 0) is 4.84 Å². The second-order valence-electron chi connectivity index (χ2n) is 7.54. The van der Waals surface area contributed by atoms with Gasteiger partial charge in [0.05, 0.1) is 17.4 Å². The summed E-state index contributed by atoms with van der Waals surface area (Å²) in [6, 6.07) is 0. The van der Waals surface area contributed by atoms with Crippen LogP contribution >= 0.6 is 0 Å². The summed E-state index contributed by atoms with van der Waals surface area (Å²) in [4.78, 5) is 4.90. The van der Waals surface area contributed by atoms with Gasteiger partial charge in [-0.2, -0.15) is 0 Å². The van der Waals surface area contributed by atoms with Gasteiger partial charge in [0.2, 0.25) is 0 Å². The smallest absolute Gasteiger partial charge is 0.106 e. The monoisotopic (exact) mass is 273 g/mol. The molecule has 0 spiro atoms. The molecule has 0 fully saturated rings. The van der Waals surface area contributed by atoms with Crippen LogP contribution in [0.25, 0.3) is 0 Å². The summed E-state index contributed by atoms with van der Waals surface area (Å²) >= 11 is 0. The highest BCUT2D eigenvalue weighted by Crippen LogP contribution is 2.37. The fourth-order valence-corrected chi connectivity index (χ4v) is 2.08. The quantitative estimate of drug-likeness (QED) is 0.611. The van der Waals surface area contributed by atoms with Gasteiger partial charge in [-0.3, -0.25) is 0 Å². The van der Waals surface area contributed by atoms with Gasteiger partial charge in [0.25, 0.3) is 0 Å². The fraction of sp³-hybridized carbons (Fsp3) is 0.933. The summed E-state index contributed by atoms with van der Waals surface area (Å²) in [5, 5.41) is 25.2. The third kappa shape index (κ3) is 4.18. The summed E-state index contributed by atoms with van der Waals surface area (Å²) in [7, 11) is 1.49. The second-order valence-corrected chi connectivity index (χ2v) is 7.54. The molecule has 0 saturated heterocycles. The highest BCUT2D eigenvalue weighted by molar-refractivity contribution is 5.91. The van der Waals surface area contributed by atoms with Gasteiger partial charge in [-0.1, -0.05) is 53.6 Å². The lowest BCUT2D eigenvalue weighted by atomic mass is 9.68. The molecule has 0 aromatic rings. The average Bonchev–Trinajstić information content (AvgIpc) is 2.20. The molecule has 0 aromatic carbocycles. The molecule has 4 nitrogen and oxygen atoms in total. The Labute approximate surface area is 117 Å². The third-order valence-corrected chi connectivity index (χ3v) is 3.96. The van der Waals surface area contributed by atoms with E-state index in [9.17, 15) is 10.2 Å². The van der Waals surface area contributed by atoms with Gasteiger partial charge in [-0.15, -0.1) is 0 Å². The largest absolute Gasteiger partial charge is 0.399 e. The van der Waals surface area contributed by atoms with Crippen LogP contribution in [0.1, 0.15) is 55.4 Å². The maximum Gasteiger partial charge on any atom is 0.106 e. The number of aliphatic hydroxyl groups excluding tert-OH is 1. The van der Waals surface area contributed by atoms with E-state index in [0.717, 1.165) is 5.71 Å². The van der Waals surface area contributed by atoms with Crippen LogP contribution < -0.4 is 0 Å². The minimum atomic E-state index is -1.22. The summed E-state index contributed by atoms with van der Waals surface area (Å²) in [5.41, 5.74) is -1.14. The van der Waals surface area contributed by atoms with Crippen LogP contribution in [-0.4, -0.2) is 34.7 Å². The van der Waals surface area contributed by atoms with Gasteiger partial charge in [0.15, 0.2) is 0 Å². The molecule has 0 bridgehead atoms. The van der Waals surface area contributed by atoms with Crippen molar-refractivity contribution in [3.8, 4) is 0 Å². The van der Waals surface area contributed by atoms with Gasteiger partial charge in [0.1, 0.15) is 7.11 Å². The van der Waals surface area contributed by atoms with Crippen molar-refractivity contribution in [2.24, 2.45) is 21.9 Å². The average molecular weight is 273 g/mol. The van der Waals surface area contributed by atoms with Crippen LogP contribution in [0.4, 0.5) is 0 Å². The normalized spacial score (nSPS) is 20.7. The molecule has 0 aliphatic heterocycles. The second kappa shape index (κ2) is 5.80. The Morgan fingerprint density at radius 3 is 1.74 bits per heavy atom. The minimum Gasteiger partial charge on any atom is -0.399 e. The molecule has 3 atom stereocenters. The van der Waals surface area contributed by atoms with Crippen molar-refractivity contribution in [3.63, 3.8) is 0 Å². The van der Waals surface area contributed by atoms with Crippen molar-refractivity contribution in [2.45, 2.75) is 67.1 Å². The van der Waals surface area contributed by atoms with Crippen LogP contribution in [0, 0.1) is 16.7 Å². The van der Waals surface area contributed by atoms with Crippen LogP contribution in [0.2, 0.25) is 0 Å². The Morgan fingerprint density at radius 2 is 1.47 bits per heavy atom. The Bertz CT molecular complexity index is 321. The predicted molar refractivity (Wildman–Crippen MR) is 79.1 cm³/mol. The van der Waals surface area contributed by atoms with Crippen molar-refractivity contribution in [2.75, 3.05) is 7.11 Å². The van der Waals surface area contributed by atoms with Gasteiger partial charge in [0, 0.05) is 11.3 Å². The fourth-order valence-electron chi connectivity index (χ4n) is 2.08. The molecule has 0 aliphatic rings. The van der Waals surface area contributed by atoms with Crippen LogP contribution in [0.15, 0.2) is 5.16 Å². The molecule has 0 saturated carbocycles. The first kappa shape index (κ1) is 18.4. The zero-order chi connectivity index (χ0) is 15.6. The molecular weight excluding hydrogens is 242 g/mol. The van der Waals surface area contributed by atoms with E-state index in [4.69, 9.17) is 4.84 Å². The van der Waals surface area contributed by atoms with Crippen molar-refractivity contribution in [3.05, 3.63) is 0 Å². The van der Waals surface area contributed by atoms with Crippen LogP contribution in [0.5, 0.6) is 0 Å². The molecule has 0 amide bonds. The Balaban J connectivity index is 5.41. The summed E-state index contributed by atoms with van der Waals surface area (Å²) in [6.45, 7) is 15.3. The van der Waals surface area contributed by atoms with Crippen molar-refractivity contribution >= 4 is 5.71 Å². The molecule has 114 valence electrons. The van der Waals surface area contributed by atoms with E-state index >= 15 is 0 Å². The van der Waals surface area contributed by atoms with Gasteiger partial charge in [-0.05, 0) is 12.3 Å². The highest BCUT2D eigenvalue weighted by Gasteiger charge is 2.46. The first-order valence-electron chi connectivity index (χ1n) is 6.78. The molecule has 0 heterocycles. The molecule has 0 unspecified atom stereocenters. The summed E-state index contributed by atoms with van der Waals surface area (Å²) in [5.74, 6) is -0.297. The first-order valence-corrected chi connectivity index (χ1v) is 6.78. The lowest BCUT2D eigenvalue weighted by Crippen LogP contribution is -2.55. The van der Waals surface area contributed by atoms with E-state index in [1.54, 1.807) is 6.92 Å². The Morgan fingerprint density at radius 1 is 1.05 bits per heavy atom. The maximum absolute atomic E-state index is 10.6. The standard InChI is InChI=1S/C15H31NO3/c1-10(11(16-19-9)13(2,3)4)12(17)15(8,18)14(5,6)7/h10,12,17-18H,1-9H3/t10-,12+,15-/m0/s1. The Hall–Kier alpha value is -0.610. The summed E-state index contributed by atoms with van der Waals surface area (Å²) in [6.07, 6.45) is -0.916. The molecule has 0 aromatic heterocycles. The van der Waals surface area contributed by atoms with E-state index in [0.29, 0.717) is 0 Å². The van der Waals surface area contributed by atoms with E-state index in [-0.39, 0.29) is 11.3 Å². The maximum atomic E-state index is 10.6. The molecule has 4 heteroatoms. The minimum absolute atomic E-state index is 0.232. The number of aliphatic hydroxyl groups is 2. The zero-order valence-electron chi connectivity index (χ0n) is 13.9.